The van der Waals surface area contributed by atoms with Crippen molar-refractivity contribution in [2.45, 2.75) is 58.3 Å². The van der Waals surface area contributed by atoms with Gasteiger partial charge in [0.25, 0.3) is 5.91 Å². The Morgan fingerprint density at radius 2 is 2.36 bits per heavy atom. The van der Waals surface area contributed by atoms with Crippen LogP contribution in [0.5, 0.6) is 5.75 Å². The second kappa shape index (κ2) is 7.87. The Labute approximate surface area is 132 Å². The first-order valence-electron chi connectivity index (χ1n) is 7.43. The summed E-state index contributed by atoms with van der Waals surface area (Å²) in [6.07, 6.45) is 4.13. The number of nitrogens with one attached hydrogen (secondary N) is 1. The fraction of sp³-hybridized carbons (Fsp3) is 0.667. The van der Waals surface area contributed by atoms with E-state index in [1.165, 1.54) is 6.07 Å². The molecule has 1 aliphatic heterocycles. The van der Waals surface area contributed by atoms with Gasteiger partial charge in [-0.2, -0.15) is 8.78 Å². The minimum absolute atomic E-state index is 0.0430. The van der Waals surface area contributed by atoms with Gasteiger partial charge in [-0.15, -0.1) is 11.3 Å². The molecule has 1 aromatic rings. The first kappa shape index (κ1) is 17.1. The van der Waals surface area contributed by atoms with Crippen molar-refractivity contribution in [1.82, 2.24) is 5.32 Å². The second-order valence-corrected chi connectivity index (χ2v) is 6.77. The number of alkyl halides is 2. The van der Waals surface area contributed by atoms with Gasteiger partial charge in [0.15, 0.2) is 0 Å². The smallest absolute Gasteiger partial charge is 0.387 e. The summed E-state index contributed by atoms with van der Waals surface area (Å²) in [6, 6.07) is 1.42. The number of rotatable bonds is 7. The molecule has 0 radical (unpaired) electrons. The van der Waals surface area contributed by atoms with Crippen molar-refractivity contribution in [2.24, 2.45) is 0 Å². The van der Waals surface area contributed by atoms with Crippen molar-refractivity contribution in [2.75, 3.05) is 6.61 Å². The quantitative estimate of drug-likeness (QED) is 0.827. The maximum absolute atomic E-state index is 12.4. The molecule has 124 valence electrons. The van der Waals surface area contributed by atoms with Gasteiger partial charge >= 0.3 is 6.61 Å². The minimum Gasteiger partial charge on any atom is -0.433 e. The Kier molecular flexibility index (Phi) is 6.14. The van der Waals surface area contributed by atoms with Crippen LogP contribution in [0, 0.1) is 6.92 Å². The topological polar surface area (TPSA) is 47.6 Å². The molecule has 2 heterocycles. The number of carbonyl (C=O) groups is 1. The van der Waals surface area contributed by atoms with E-state index in [2.05, 4.69) is 10.1 Å². The van der Waals surface area contributed by atoms with E-state index in [-0.39, 0.29) is 28.7 Å². The third kappa shape index (κ3) is 4.91. The molecular formula is C15H21F2NO3S. The zero-order chi connectivity index (χ0) is 16.1. The molecule has 0 spiro atoms. The van der Waals surface area contributed by atoms with E-state index >= 15 is 0 Å². The summed E-state index contributed by atoms with van der Waals surface area (Å²) in [6.45, 7) is 1.54. The molecule has 2 rings (SSSR count). The molecule has 22 heavy (non-hydrogen) atoms. The van der Waals surface area contributed by atoms with E-state index in [0.29, 0.717) is 0 Å². The van der Waals surface area contributed by atoms with Crippen molar-refractivity contribution in [3.63, 3.8) is 0 Å². The molecule has 7 heteroatoms. The molecule has 0 aromatic carbocycles. The standard InChI is InChI=1S/C15H21F2NO3S/c1-9(5-6-11-4-3-7-20-11)18-14(19)13-12(21-15(16)17)8-10(2)22-13/h8-9,11,15H,3-7H2,1-2H3,(H,18,19)/t9-,11-/m1/s1. The highest BCUT2D eigenvalue weighted by Crippen LogP contribution is 2.30. The number of hydrogen-bond acceptors (Lipinski definition) is 4. The van der Waals surface area contributed by atoms with Crippen LogP contribution in [0.1, 0.15) is 47.2 Å². The average Bonchev–Trinajstić information content (AvgIpc) is 3.05. The van der Waals surface area contributed by atoms with Crippen molar-refractivity contribution in [1.29, 1.82) is 0 Å². The molecule has 0 bridgehead atoms. The van der Waals surface area contributed by atoms with Crippen LogP contribution in [0.2, 0.25) is 0 Å². The fourth-order valence-corrected chi connectivity index (χ4v) is 3.35. The van der Waals surface area contributed by atoms with Crippen LogP contribution in [0.25, 0.3) is 0 Å². The molecule has 1 aromatic heterocycles. The van der Waals surface area contributed by atoms with Crippen molar-refractivity contribution in [3.05, 3.63) is 15.8 Å². The van der Waals surface area contributed by atoms with Crippen LogP contribution < -0.4 is 10.1 Å². The molecule has 1 saturated heterocycles. The summed E-state index contributed by atoms with van der Waals surface area (Å²) in [5, 5.41) is 2.84. The number of thiophene rings is 1. The number of hydrogen-bond donors (Lipinski definition) is 1. The molecule has 0 unspecified atom stereocenters. The molecule has 0 saturated carbocycles. The SMILES string of the molecule is Cc1cc(OC(F)F)c(C(=O)N[C@H](C)CC[C@H]2CCCO2)s1. The van der Waals surface area contributed by atoms with Gasteiger partial charge in [-0.05, 0) is 45.6 Å². The van der Waals surface area contributed by atoms with Gasteiger partial charge < -0.3 is 14.8 Å². The molecule has 1 N–H and O–H groups in total. The lowest BCUT2D eigenvalue weighted by Gasteiger charge is -2.16. The summed E-state index contributed by atoms with van der Waals surface area (Å²) >= 11 is 1.15. The highest BCUT2D eigenvalue weighted by molar-refractivity contribution is 7.14. The molecule has 1 aliphatic rings. The van der Waals surface area contributed by atoms with E-state index < -0.39 is 6.61 Å². The Morgan fingerprint density at radius 3 is 3.00 bits per heavy atom. The molecule has 4 nitrogen and oxygen atoms in total. The van der Waals surface area contributed by atoms with Gasteiger partial charge in [0.1, 0.15) is 10.6 Å². The van der Waals surface area contributed by atoms with Gasteiger partial charge in [0.05, 0.1) is 6.10 Å². The highest BCUT2D eigenvalue weighted by atomic mass is 32.1. The molecule has 2 atom stereocenters. The monoisotopic (exact) mass is 333 g/mol. The molecule has 1 fully saturated rings. The number of ether oxygens (including phenoxy) is 2. The Hall–Kier alpha value is -1.21. The minimum atomic E-state index is -2.93. The lowest BCUT2D eigenvalue weighted by Crippen LogP contribution is -2.33. The highest BCUT2D eigenvalue weighted by Gasteiger charge is 2.21. The van der Waals surface area contributed by atoms with Crippen LogP contribution in [0.3, 0.4) is 0 Å². The summed E-state index contributed by atoms with van der Waals surface area (Å²) in [7, 11) is 0. The van der Waals surface area contributed by atoms with Gasteiger partial charge in [0, 0.05) is 17.5 Å². The summed E-state index contributed by atoms with van der Waals surface area (Å²) in [5.74, 6) is -0.421. The predicted octanol–water partition coefficient (Wildman–Crippen LogP) is 3.74. The van der Waals surface area contributed by atoms with Crippen LogP contribution in [0.4, 0.5) is 8.78 Å². The normalized spacial score (nSPS) is 19.4. The first-order chi connectivity index (χ1) is 10.5. The summed E-state index contributed by atoms with van der Waals surface area (Å²) in [4.78, 5) is 13.2. The fourth-order valence-electron chi connectivity index (χ4n) is 2.50. The number of halogens is 2. The predicted molar refractivity (Wildman–Crippen MR) is 80.8 cm³/mol. The van der Waals surface area contributed by atoms with E-state index in [1.54, 1.807) is 6.92 Å². The molecule has 0 aliphatic carbocycles. The van der Waals surface area contributed by atoms with E-state index in [4.69, 9.17) is 4.74 Å². The number of carbonyl (C=O) groups excluding carboxylic acids is 1. The van der Waals surface area contributed by atoms with Crippen LogP contribution >= 0.6 is 11.3 Å². The largest absolute Gasteiger partial charge is 0.433 e. The van der Waals surface area contributed by atoms with Gasteiger partial charge in [-0.3, -0.25) is 4.79 Å². The lowest BCUT2D eigenvalue weighted by atomic mass is 10.1. The Morgan fingerprint density at radius 1 is 1.59 bits per heavy atom. The van der Waals surface area contributed by atoms with Gasteiger partial charge in [-0.25, -0.2) is 0 Å². The van der Waals surface area contributed by atoms with Crippen molar-refractivity contribution >= 4 is 17.2 Å². The van der Waals surface area contributed by atoms with Crippen LogP contribution in [-0.4, -0.2) is 31.3 Å². The molecular weight excluding hydrogens is 312 g/mol. The van der Waals surface area contributed by atoms with Crippen LogP contribution in [-0.2, 0) is 4.74 Å². The maximum atomic E-state index is 12.4. The van der Waals surface area contributed by atoms with Crippen molar-refractivity contribution < 1.29 is 23.0 Å². The number of aryl methyl sites for hydroxylation is 1. The van der Waals surface area contributed by atoms with Crippen molar-refractivity contribution in [3.8, 4) is 5.75 Å². The third-order valence-electron chi connectivity index (χ3n) is 3.57. The zero-order valence-corrected chi connectivity index (χ0v) is 13.6. The second-order valence-electron chi connectivity index (χ2n) is 5.52. The van der Waals surface area contributed by atoms with E-state index in [9.17, 15) is 13.6 Å². The lowest BCUT2D eigenvalue weighted by molar-refractivity contribution is -0.0498. The maximum Gasteiger partial charge on any atom is 0.387 e. The van der Waals surface area contributed by atoms with Gasteiger partial charge in [0.2, 0.25) is 0 Å². The first-order valence-corrected chi connectivity index (χ1v) is 8.25. The van der Waals surface area contributed by atoms with Crippen LogP contribution in [0.15, 0.2) is 6.07 Å². The molecule has 1 amide bonds. The summed E-state index contributed by atoms with van der Waals surface area (Å²) in [5.41, 5.74) is 0. The Bertz CT molecular complexity index is 501. The van der Waals surface area contributed by atoms with E-state index in [0.717, 1.165) is 48.5 Å². The third-order valence-corrected chi connectivity index (χ3v) is 4.60. The van der Waals surface area contributed by atoms with Gasteiger partial charge in [-0.1, -0.05) is 0 Å². The summed E-state index contributed by atoms with van der Waals surface area (Å²) < 4.78 is 34.7. The Balaban J connectivity index is 1.87. The average molecular weight is 333 g/mol. The van der Waals surface area contributed by atoms with E-state index in [1.807, 2.05) is 6.92 Å². The zero-order valence-electron chi connectivity index (χ0n) is 12.7. The number of amides is 1.